The van der Waals surface area contributed by atoms with Crippen LogP contribution in [0.15, 0.2) is 41.8 Å². The van der Waals surface area contributed by atoms with Crippen molar-refractivity contribution in [2.45, 2.75) is 18.9 Å². The molecule has 1 aromatic heterocycles. The number of aliphatic carboxylic acids is 1. The van der Waals surface area contributed by atoms with E-state index in [2.05, 4.69) is 5.32 Å². The van der Waals surface area contributed by atoms with E-state index in [1.165, 1.54) is 11.3 Å². The van der Waals surface area contributed by atoms with Gasteiger partial charge in [-0.2, -0.15) is 0 Å². The van der Waals surface area contributed by atoms with Crippen LogP contribution in [0, 0.1) is 0 Å². The first-order valence-corrected chi connectivity index (χ1v) is 7.59. The molecule has 0 spiro atoms. The van der Waals surface area contributed by atoms with E-state index < -0.39 is 12.0 Å². The highest BCUT2D eigenvalue weighted by Crippen LogP contribution is 2.20. The summed E-state index contributed by atoms with van der Waals surface area (Å²) in [5, 5.41) is 14.2. The molecule has 0 fully saturated rings. The zero-order valence-corrected chi connectivity index (χ0v) is 12.7. The largest absolute Gasteiger partial charge is 0.481 e. The Hall–Kier alpha value is -1.85. The number of halogens is 1. The number of thiophene rings is 1. The van der Waals surface area contributed by atoms with E-state index in [1.807, 2.05) is 17.5 Å². The minimum atomic E-state index is -0.966. The van der Waals surface area contributed by atoms with E-state index in [4.69, 9.17) is 16.7 Å². The van der Waals surface area contributed by atoms with Crippen LogP contribution >= 0.6 is 22.9 Å². The first-order valence-electron chi connectivity index (χ1n) is 6.33. The number of hydrogen-bond acceptors (Lipinski definition) is 3. The van der Waals surface area contributed by atoms with Crippen molar-refractivity contribution in [3.8, 4) is 0 Å². The van der Waals surface area contributed by atoms with Gasteiger partial charge in [0.2, 0.25) is 5.91 Å². The van der Waals surface area contributed by atoms with Gasteiger partial charge in [0.05, 0.1) is 18.9 Å². The second-order valence-corrected chi connectivity index (χ2v) is 5.99. The van der Waals surface area contributed by atoms with Gasteiger partial charge in [-0.3, -0.25) is 9.59 Å². The molecule has 2 aromatic rings. The molecule has 0 saturated carbocycles. The maximum atomic E-state index is 12.0. The highest BCUT2D eigenvalue weighted by molar-refractivity contribution is 7.10. The molecule has 6 heteroatoms. The van der Waals surface area contributed by atoms with Crippen molar-refractivity contribution in [1.82, 2.24) is 5.32 Å². The van der Waals surface area contributed by atoms with Gasteiger partial charge in [-0.05, 0) is 29.1 Å². The predicted molar refractivity (Wildman–Crippen MR) is 82.6 cm³/mol. The lowest BCUT2D eigenvalue weighted by Crippen LogP contribution is -2.31. The van der Waals surface area contributed by atoms with Crippen LogP contribution in [0.25, 0.3) is 0 Å². The number of amides is 1. The molecule has 0 radical (unpaired) electrons. The lowest BCUT2D eigenvalue weighted by Gasteiger charge is -2.17. The number of hydrogen-bond donors (Lipinski definition) is 2. The Labute approximate surface area is 131 Å². The van der Waals surface area contributed by atoms with Crippen molar-refractivity contribution in [2.24, 2.45) is 0 Å². The Bertz CT molecular complexity index is 610. The van der Waals surface area contributed by atoms with Crippen LogP contribution in [0.1, 0.15) is 22.9 Å². The lowest BCUT2D eigenvalue weighted by molar-refractivity contribution is -0.137. The molecule has 2 N–H and O–H groups in total. The summed E-state index contributed by atoms with van der Waals surface area (Å²) in [5.74, 6) is -1.16. The van der Waals surface area contributed by atoms with Crippen molar-refractivity contribution >= 4 is 34.8 Å². The van der Waals surface area contributed by atoms with Gasteiger partial charge in [0, 0.05) is 9.90 Å². The van der Waals surface area contributed by atoms with E-state index in [9.17, 15) is 9.59 Å². The third-order valence-corrected chi connectivity index (χ3v) is 4.03. The van der Waals surface area contributed by atoms with Gasteiger partial charge in [0.15, 0.2) is 0 Å². The average Bonchev–Trinajstić information content (AvgIpc) is 2.91. The summed E-state index contributed by atoms with van der Waals surface area (Å²) >= 11 is 7.32. The molecule has 21 heavy (non-hydrogen) atoms. The van der Waals surface area contributed by atoms with Gasteiger partial charge < -0.3 is 10.4 Å². The molecule has 1 heterocycles. The highest BCUT2D eigenvalue weighted by Gasteiger charge is 2.18. The van der Waals surface area contributed by atoms with Crippen LogP contribution in [0.2, 0.25) is 5.02 Å². The van der Waals surface area contributed by atoms with Crippen LogP contribution < -0.4 is 5.32 Å². The fraction of sp³-hybridized carbons (Fsp3) is 0.200. The fourth-order valence-electron chi connectivity index (χ4n) is 1.94. The first-order chi connectivity index (χ1) is 10.0. The number of benzene rings is 1. The number of carboxylic acids is 1. The monoisotopic (exact) mass is 323 g/mol. The molecule has 1 atom stereocenters. The predicted octanol–water partition coefficient (Wildman–Crippen LogP) is 3.28. The number of nitrogens with one attached hydrogen (secondary N) is 1. The average molecular weight is 324 g/mol. The maximum absolute atomic E-state index is 12.0. The fourth-order valence-corrected chi connectivity index (χ4v) is 2.77. The summed E-state index contributed by atoms with van der Waals surface area (Å²) in [6.07, 6.45) is 0.0825. The van der Waals surface area contributed by atoms with Crippen molar-refractivity contribution in [1.29, 1.82) is 0 Å². The third kappa shape index (κ3) is 4.88. The second-order valence-electron chi connectivity index (χ2n) is 4.53. The molecule has 0 aliphatic carbocycles. The topological polar surface area (TPSA) is 66.4 Å². The van der Waals surface area contributed by atoms with Crippen LogP contribution in [-0.2, 0) is 16.0 Å². The standard InChI is InChI=1S/C15H14ClNO3S/c16-11-5-3-10(4-6-11)13(9-15(19)20)17-14(18)8-12-2-1-7-21-12/h1-7,13H,8-9H2,(H,17,18)(H,19,20). The van der Waals surface area contributed by atoms with E-state index >= 15 is 0 Å². The maximum Gasteiger partial charge on any atom is 0.305 e. The molecule has 110 valence electrons. The highest BCUT2D eigenvalue weighted by atomic mass is 35.5. The molecule has 1 amide bonds. The minimum absolute atomic E-state index is 0.169. The Kier molecular flexibility index (Phi) is 5.36. The summed E-state index contributed by atoms with van der Waals surface area (Å²) in [4.78, 5) is 23.9. The van der Waals surface area contributed by atoms with E-state index in [-0.39, 0.29) is 18.7 Å². The molecule has 0 aliphatic heterocycles. The van der Waals surface area contributed by atoms with Crippen LogP contribution in [0.4, 0.5) is 0 Å². The molecule has 0 aliphatic rings. The molecular formula is C15H14ClNO3S. The van der Waals surface area contributed by atoms with Crippen molar-refractivity contribution in [3.63, 3.8) is 0 Å². The first kappa shape index (κ1) is 15.5. The van der Waals surface area contributed by atoms with Crippen LogP contribution in [0.3, 0.4) is 0 Å². The molecule has 2 rings (SSSR count). The molecule has 4 nitrogen and oxygen atoms in total. The molecule has 0 saturated heterocycles. The molecule has 0 bridgehead atoms. The van der Waals surface area contributed by atoms with Gasteiger partial charge in [-0.25, -0.2) is 0 Å². The molecular weight excluding hydrogens is 310 g/mol. The zero-order valence-electron chi connectivity index (χ0n) is 11.1. The normalized spacial score (nSPS) is 11.9. The van der Waals surface area contributed by atoms with E-state index in [0.717, 1.165) is 10.4 Å². The Morgan fingerprint density at radius 2 is 1.95 bits per heavy atom. The van der Waals surface area contributed by atoms with Gasteiger partial charge in [0.25, 0.3) is 0 Å². The summed E-state index contributed by atoms with van der Waals surface area (Å²) in [6, 6.07) is 9.99. The summed E-state index contributed by atoms with van der Waals surface area (Å²) in [6.45, 7) is 0. The molecule has 1 unspecified atom stereocenters. The van der Waals surface area contributed by atoms with Crippen molar-refractivity contribution < 1.29 is 14.7 Å². The van der Waals surface area contributed by atoms with Gasteiger partial charge in [-0.1, -0.05) is 29.8 Å². The van der Waals surface area contributed by atoms with Crippen LogP contribution in [0.5, 0.6) is 0 Å². The van der Waals surface area contributed by atoms with Crippen molar-refractivity contribution in [3.05, 3.63) is 57.2 Å². The van der Waals surface area contributed by atoms with Gasteiger partial charge in [-0.15, -0.1) is 11.3 Å². The SMILES string of the molecule is O=C(O)CC(NC(=O)Cc1cccs1)c1ccc(Cl)cc1. The summed E-state index contributed by atoms with van der Waals surface area (Å²) in [7, 11) is 0. The quantitative estimate of drug-likeness (QED) is 0.857. The van der Waals surface area contributed by atoms with Crippen LogP contribution in [-0.4, -0.2) is 17.0 Å². The Morgan fingerprint density at radius 3 is 2.52 bits per heavy atom. The molecule has 1 aromatic carbocycles. The smallest absolute Gasteiger partial charge is 0.305 e. The summed E-state index contributed by atoms with van der Waals surface area (Å²) in [5.41, 5.74) is 0.723. The second kappa shape index (κ2) is 7.24. The minimum Gasteiger partial charge on any atom is -0.481 e. The number of carboxylic acid groups (broad SMARTS) is 1. The Morgan fingerprint density at radius 1 is 1.24 bits per heavy atom. The zero-order chi connectivity index (χ0) is 15.2. The summed E-state index contributed by atoms with van der Waals surface area (Å²) < 4.78 is 0. The number of carbonyl (C=O) groups excluding carboxylic acids is 1. The van der Waals surface area contributed by atoms with Gasteiger partial charge in [0.1, 0.15) is 0 Å². The van der Waals surface area contributed by atoms with E-state index in [0.29, 0.717) is 5.02 Å². The lowest BCUT2D eigenvalue weighted by atomic mass is 10.0. The van der Waals surface area contributed by atoms with Crippen molar-refractivity contribution in [2.75, 3.05) is 0 Å². The number of carbonyl (C=O) groups is 2. The third-order valence-electron chi connectivity index (χ3n) is 2.90. The van der Waals surface area contributed by atoms with Gasteiger partial charge >= 0.3 is 5.97 Å². The van der Waals surface area contributed by atoms with E-state index in [1.54, 1.807) is 24.3 Å². The number of rotatable bonds is 6. The Balaban J connectivity index is 2.07.